The molecule has 4 fully saturated rings. The van der Waals surface area contributed by atoms with Crippen molar-refractivity contribution in [3.63, 3.8) is 0 Å². The van der Waals surface area contributed by atoms with Gasteiger partial charge in [0.2, 0.25) is 0 Å². The Morgan fingerprint density at radius 2 is 1.79 bits per heavy atom. The highest BCUT2D eigenvalue weighted by Crippen LogP contribution is 2.61. The predicted octanol–water partition coefficient (Wildman–Crippen LogP) is 2.59. The molecule has 0 radical (unpaired) electrons. The van der Waals surface area contributed by atoms with Crippen LogP contribution >= 0.6 is 0 Å². The summed E-state index contributed by atoms with van der Waals surface area (Å²) in [6.45, 7) is 0. The summed E-state index contributed by atoms with van der Waals surface area (Å²) in [5.41, 5.74) is 1.54. The Labute approximate surface area is 112 Å². The fourth-order valence-electron chi connectivity index (χ4n) is 5.62. The summed E-state index contributed by atoms with van der Waals surface area (Å²) in [7, 11) is 1.90. The van der Waals surface area contributed by atoms with Gasteiger partial charge in [-0.2, -0.15) is 5.10 Å². The molecule has 4 saturated carbocycles. The van der Waals surface area contributed by atoms with Gasteiger partial charge in [0.25, 0.3) is 0 Å². The molecule has 4 heteroatoms. The fourth-order valence-corrected chi connectivity index (χ4v) is 5.62. The number of carboxylic acid groups (broad SMARTS) is 1. The second-order valence-corrected chi connectivity index (χ2v) is 7.03. The molecular weight excluding hydrogens is 240 g/mol. The summed E-state index contributed by atoms with van der Waals surface area (Å²) < 4.78 is 1.83. The number of carboxylic acids is 1. The Morgan fingerprint density at radius 1 is 1.26 bits per heavy atom. The van der Waals surface area contributed by atoms with Crippen molar-refractivity contribution in [2.75, 3.05) is 0 Å². The van der Waals surface area contributed by atoms with Gasteiger partial charge in [0.05, 0.1) is 11.9 Å². The molecule has 4 bridgehead atoms. The first-order chi connectivity index (χ1) is 9.07. The van der Waals surface area contributed by atoms with Gasteiger partial charge in [0.1, 0.15) is 5.56 Å². The summed E-state index contributed by atoms with van der Waals surface area (Å²) in [5, 5.41) is 13.7. The number of nitrogens with zero attached hydrogens (tertiary/aromatic N) is 2. The number of aryl methyl sites for hydroxylation is 1. The summed E-state index contributed by atoms with van der Waals surface area (Å²) in [6, 6.07) is 0. The first-order valence-corrected chi connectivity index (χ1v) is 7.33. The highest BCUT2D eigenvalue weighted by molar-refractivity contribution is 5.89. The van der Waals surface area contributed by atoms with Crippen molar-refractivity contribution in [3.05, 3.63) is 17.5 Å². The second-order valence-electron chi connectivity index (χ2n) is 7.03. The lowest BCUT2D eigenvalue weighted by Crippen LogP contribution is -2.49. The van der Waals surface area contributed by atoms with Crippen LogP contribution in [0.5, 0.6) is 0 Å². The zero-order valence-electron chi connectivity index (χ0n) is 11.3. The molecule has 0 saturated heterocycles. The average molecular weight is 260 g/mol. The van der Waals surface area contributed by atoms with Gasteiger partial charge in [-0.25, -0.2) is 4.79 Å². The van der Waals surface area contributed by atoms with Crippen LogP contribution in [0.3, 0.4) is 0 Å². The Morgan fingerprint density at radius 3 is 2.26 bits per heavy atom. The van der Waals surface area contributed by atoms with E-state index in [4.69, 9.17) is 0 Å². The maximum Gasteiger partial charge on any atom is 0.339 e. The molecule has 1 aromatic rings. The topological polar surface area (TPSA) is 55.1 Å². The lowest BCUT2D eigenvalue weighted by Gasteiger charge is -2.56. The van der Waals surface area contributed by atoms with E-state index in [0.717, 1.165) is 23.4 Å². The number of carbonyl (C=O) groups is 1. The van der Waals surface area contributed by atoms with E-state index in [1.807, 2.05) is 11.7 Å². The molecule has 4 aliphatic carbocycles. The monoisotopic (exact) mass is 260 g/mol. The van der Waals surface area contributed by atoms with Crippen LogP contribution in [0.15, 0.2) is 6.20 Å². The minimum absolute atomic E-state index is 0.105. The Kier molecular flexibility index (Phi) is 2.19. The Balaban J connectivity index is 1.84. The lowest BCUT2D eigenvalue weighted by molar-refractivity contribution is -0.00951. The van der Waals surface area contributed by atoms with Crippen molar-refractivity contribution in [2.45, 2.75) is 43.9 Å². The number of rotatable bonds is 2. The van der Waals surface area contributed by atoms with Gasteiger partial charge in [-0.3, -0.25) is 4.68 Å². The van der Waals surface area contributed by atoms with E-state index in [9.17, 15) is 9.90 Å². The number of hydrogen-bond acceptors (Lipinski definition) is 2. The average Bonchev–Trinajstić information content (AvgIpc) is 2.70. The molecule has 0 amide bonds. The van der Waals surface area contributed by atoms with E-state index in [1.54, 1.807) is 0 Å². The van der Waals surface area contributed by atoms with Crippen LogP contribution in [0, 0.1) is 17.8 Å². The van der Waals surface area contributed by atoms with E-state index in [2.05, 4.69) is 5.10 Å². The summed E-state index contributed by atoms with van der Waals surface area (Å²) in [6.07, 6.45) is 9.20. The zero-order chi connectivity index (χ0) is 13.2. The van der Waals surface area contributed by atoms with Crippen LogP contribution in [-0.4, -0.2) is 20.9 Å². The highest BCUT2D eigenvalue weighted by Gasteiger charge is 2.53. The van der Waals surface area contributed by atoms with Crippen LogP contribution in [0.2, 0.25) is 0 Å². The molecule has 19 heavy (non-hydrogen) atoms. The maximum atomic E-state index is 11.5. The molecule has 0 unspecified atom stereocenters. The van der Waals surface area contributed by atoms with Crippen LogP contribution in [-0.2, 0) is 12.5 Å². The van der Waals surface area contributed by atoms with Gasteiger partial charge in [0.15, 0.2) is 0 Å². The van der Waals surface area contributed by atoms with Gasteiger partial charge in [0, 0.05) is 12.5 Å². The van der Waals surface area contributed by atoms with E-state index >= 15 is 0 Å². The van der Waals surface area contributed by atoms with Crippen LogP contribution in [0.1, 0.15) is 54.6 Å². The van der Waals surface area contributed by atoms with E-state index in [1.165, 1.54) is 44.7 Å². The molecule has 0 aliphatic heterocycles. The van der Waals surface area contributed by atoms with Crippen molar-refractivity contribution >= 4 is 5.97 Å². The SMILES string of the molecule is Cn1ncc(C(=O)O)c1C12CC3CC(CC(C3)C1)C2. The van der Waals surface area contributed by atoms with E-state index in [-0.39, 0.29) is 5.41 Å². The lowest BCUT2D eigenvalue weighted by atomic mass is 9.48. The minimum Gasteiger partial charge on any atom is -0.478 e. The molecule has 1 heterocycles. The molecule has 0 atom stereocenters. The van der Waals surface area contributed by atoms with Crippen LogP contribution in [0.25, 0.3) is 0 Å². The Bertz CT molecular complexity index is 511. The molecule has 102 valence electrons. The third-order valence-corrected chi connectivity index (χ3v) is 5.71. The minimum atomic E-state index is -0.821. The zero-order valence-corrected chi connectivity index (χ0v) is 11.3. The summed E-state index contributed by atoms with van der Waals surface area (Å²) in [4.78, 5) is 11.5. The van der Waals surface area contributed by atoms with Gasteiger partial charge in [-0.05, 0) is 56.3 Å². The molecule has 0 spiro atoms. The van der Waals surface area contributed by atoms with Crippen molar-refractivity contribution < 1.29 is 9.90 Å². The van der Waals surface area contributed by atoms with Crippen molar-refractivity contribution in [1.29, 1.82) is 0 Å². The highest BCUT2D eigenvalue weighted by atomic mass is 16.4. The molecule has 4 aliphatic rings. The molecular formula is C15H20N2O2. The predicted molar refractivity (Wildman–Crippen MR) is 70.0 cm³/mol. The maximum absolute atomic E-state index is 11.5. The molecule has 1 aromatic heterocycles. The van der Waals surface area contributed by atoms with E-state index < -0.39 is 5.97 Å². The number of aromatic carboxylic acids is 1. The number of aromatic nitrogens is 2. The molecule has 4 nitrogen and oxygen atoms in total. The van der Waals surface area contributed by atoms with Crippen molar-refractivity contribution in [1.82, 2.24) is 9.78 Å². The van der Waals surface area contributed by atoms with Gasteiger partial charge >= 0.3 is 5.97 Å². The van der Waals surface area contributed by atoms with E-state index in [0.29, 0.717) is 5.56 Å². The summed E-state index contributed by atoms with van der Waals surface area (Å²) >= 11 is 0. The van der Waals surface area contributed by atoms with Crippen molar-refractivity contribution in [2.24, 2.45) is 24.8 Å². The number of hydrogen-bond donors (Lipinski definition) is 1. The Hall–Kier alpha value is -1.32. The third-order valence-electron chi connectivity index (χ3n) is 5.71. The molecule has 1 N–H and O–H groups in total. The molecule has 0 aromatic carbocycles. The second kappa shape index (κ2) is 3.62. The quantitative estimate of drug-likeness (QED) is 0.889. The third kappa shape index (κ3) is 1.52. The molecule has 5 rings (SSSR count). The fraction of sp³-hybridized carbons (Fsp3) is 0.733. The summed E-state index contributed by atoms with van der Waals surface area (Å²) in [5.74, 6) is 1.65. The largest absolute Gasteiger partial charge is 0.478 e. The first-order valence-electron chi connectivity index (χ1n) is 7.33. The first kappa shape index (κ1) is 11.5. The van der Waals surface area contributed by atoms with Crippen LogP contribution < -0.4 is 0 Å². The standard InChI is InChI=1S/C15H20N2O2/c1-17-13(12(8-16-17)14(18)19)15-5-9-2-10(6-15)4-11(3-9)7-15/h8-11H,2-7H2,1H3,(H,18,19). The van der Waals surface area contributed by atoms with Gasteiger partial charge in [-0.15, -0.1) is 0 Å². The smallest absolute Gasteiger partial charge is 0.339 e. The van der Waals surface area contributed by atoms with Gasteiger partial charge < -0.3 is 5.11 Å². The normalized spacial score (nSPS) is 39.7. The van der Waals surface area contributed by atoms with Crippen LogP contribution in [0.4, 0.5) is 0 Å². The van der Waals surface area contributed by atoms with Gasteiger partial charge in [-0.1, -0.05) is 0 Å². The van der Waals surface area contributed by atoms with Crippen molar-refractivity contribution in [3.8, 4) is 0 Å².